The van der Waals surface area contributed by atoms with Gasteiger partial charge in [-0.05, 0) is 42.5 Å². The lowest BCUT2D eigenvalue weighted by Crippen LogP contribution is -2.39. The van der Waals surface area contributed by atoms with E-state index in [2.05, 4.69) is 10.3 Å². The quantitative estimate of drug-likeness (QED) is 0.680. The molecular formula is C20H17N3O3. The van der Waals surface area contributed by atoms with Crippen LogP contribution in [0.1, 0.15) is 6.42 Å². The van der Waals surface area contributed by atoms with E-state index in [-0.39, 0.29) is 47.9 Å². The number of nitrogens with one attached hydrogen (secondary N) is 1. The molecule has 1 aromatic carbocycles. The third-order valence-corrected chi connectivity index (χ3v) is 5.75. The first-order chi connectivity index (χ1) is 12.6. The van der Waals surface area contributed by atoms with Crippen LogP contribution in [0.2, 0.25) is 0 Å². The zero-order chi connectivity index (χ0) is 17.8. The molecule has 1 N–H and O–H groups in total. The number of aromatic nitrogens is 1. The number of pyridine rings is 1. The molecule has 2 aromatic rings. The highest BCUT2D eigenvalue weighted by molar-refractivity contribution is 6.09. The second kappa shape index (κ2) is 5.49. The maximum atomic E-state index is 12.6. The van der Waals surface area contributed by atoms with Gasteiger partial charge in [0.15, 0.2) is 0 Å². The number of rotatable bonds is 3. The van der Waals surface area contributed by atoms with E-state index in [1.54, 1.807) is 12.3 Å². The van der Waals surface area contributed by atoms with Crippen LogP contribution in [0.15, 0.2) is 48.7 Å². The van der Waals surface area contributed by atoms with Crippen LogP contribution in [0.5, 0.6) is 0 Å². The van der Waals surface area contributed by atoms with Crippen LogP contribution in [-0.4, -0.2) is 34.2 Å². The average molecular weight is 347 g/mol. The first-order valence-electron chi connectivity index (χ1n) is 8.80. The number of hydrogen-bond acceptors (Lipinski definition) is 4. The zero-order valence-corrected chi connectivity index (χ0v) is 14.0. The molecule has 0 spiro atoms. The normalized spacial score (nSPS) is 28.8. The Bertz CT molecular complexity index is 953. The van der Waals surface area contributed by atoms with Crippen molar-refractivity contribution in [1.29, 1.82) is 0 Å². The van der Waals surface area contributed by atoms with E-state index >= 15 is 0 Å². The fourth-order valence-electron chi connectivity index (χ4n) is 4.62. The maximum Gasteiger partial charge on any atom is 0.244 e. The van der Waals surface area contributed by atoms with E-state index in [0.717, 1.165) is 22.2 Å². The topological polar surface area (TPSA) is 79.4 Å². The lowest BCUT2D eigenvalue weighted by atomic mass is 9.85. The smallest absolute Gasteiger partial charge is 0.244 e. The molecule has 1 saturated heterocycles. The number of fused-ring (bicyclic) bond motifs is 6. The highest BCUT2D eigenvalue weighted by Gasteiger charge is 2.59. The Balaban J connectivity index is 1.31. The highest BCUT2D eigenvalue weighted by Crippen LogP contribution is 2.52. The molecule has 1 saturated carbocycles. The highest BCUT2D eigenvalue weighted by atomic mass is 16.2. The number of carbonyl (C=O) groups is 3. The molecule has 1 aromatic heterocycles. The van der Waals surface area contributed by atoms with Gasteiger partial charge in [0, 0.05) is 17.3 Å². The molecule has 1 aliphatic heterocycles. The number of amides is 3. The third-order valence-electron chi connectivity index (χ3n) is 5.75. The summed E-state index contributed by atoms with van der Waals surface area (Å²) in [5, 5.41) is 3.69. The summed E-state index contributed by atoms with van der Waals surface area (Å²) >= 11 is 0. The predicted octanol–water partition coefficient (Wildman–Crippen LogP) is 1.98. The largest absolute Gasteiger partial charge is 0.325 e. The molecule has 130 valence electrons. The van der Waals surface area contributed by atoms with Crippen molar-refractivity contribution in [3.63, 3.8) is 0 Å². The number of nitrogens with zero attached hydrogens (tertiary/aromatic N) is 2. The van der Waals surface area contributed by atoms with Crippen molar-refractivity contribution in [1.82, 2.24) is 9.88 Å². The number of imide groups is 1. The molecule has 3 amide bonds. The van der Waals surface area contributed by atoms with Gasteiger partial charge in [-0.25, -0.2) is 0 Å². The van der Waals surface area contributed by atoms with Crippen molar-refractivity contribution in [3.8, 4) is 0 Å². The van der Waals surface area contributed by atoms with E-state index in [1.807, 2.05) is 36.4 Å². The van der Waals surface area contributed by atoms with E-state index in [0.29, 0.717) is 5.69 Å². The van der Waals surface area contributed by atoms with Gasteiger partial charge in [-0.1, -0.05) is 18.2 Å². The lowest BCUT2D eigenvalue weighted by molar-refractivity contribution is -0.143. The molecule has 0 unspecified atom stereocenters. The second-order valence-corrected chi connectivity index (χ2v) is 7.22. The Morgan fingerprint density at radius 3 is 2.58 bits per heavy atom. The molecule has 2 bridgehead atoms. The molecule has 3 aliphatic rings. The van der Waals surface area contributed by atoms with Crippen molar-refractivity contribution >= 4 is 34.3 Å². The van der Waals surface area contributed by atoms with Crippen molar-refractivity contribution in [2.45, 2.75) is 6.42 Å². The van der Waals surface area contributed by atoms with Crippen LogP contribution in [0.4, 0.5) is 5.69 Å². The first kappa shape index (κ1) is 15.3. The Labute approximate surface area is 149 Å². The summed E-state index contributed by atoms with van der Waals surface area (Å²) in [4.78, 5) is 43.1. The Morgan fingerprint density at radius 2 is 1.85 bits per heavy atom. The van der Waals surface area contributed by atoms with Crippen molar-refractivity contribution in [2.75, 3.05) is 11.9 Å². The van der Waals surface area contributed by atoms with Crippen LogP contribution in [0, 0.1) is 23.7 Å². The van der Waals surface area contributed by atoms with E-state index in [1.165, 1.54) is 0 Å². The predicted molar refractivity (Wildman–Crippen MR) is 94.8 cm³/mol. The van der Waals surface area contributed by atoms with E-state index in [4.69, 9.17) is 0 Å². The Kier molecular flexibility index (Phi) is 3.22. The third kappa shape index (κ3) is 2.18. The minimum Gasteiger partial charge on any atom is -0.325 e. The molecular weight excluding hydrogens is 330 g/mol. The molecule has 4 atom stereocenters. The van der Waals surface area contributed by atoms with Gasteiger partial charge in [0.05, 0.1) is 17.4 Å². The molecule has 5 rings (SSSR count). The summed E-state index contributed by atoms with van der Waals surface area (Å²) in [6, 6.07) is 9.16. The molecule has 2 aliphatic carbocycles. The van der Waals surface area contributed by atoms with Crippen molar-refractivity contribution in [2.24, 2.45) is 23.7 Å². The Morgan fingerprint density at radius 1 is 1.12 bits per heavy atom. The number of carbonyl (C=O) groups excluding carboxylic acids is 3. The fraction of sp³-hybridized carbons (Fsp3) is 0.300. The number of anilines is 1. The monoisotopic (exact) mass is 347 g/mol. The lowest BCUT2D eigenvalue weighted by Gasteiger charge is -2.17. The van der Waals surface area contributed by atoms with Gasteiger partial charge in [-0.2, -0.15) is 0 Å². The van der Waals surface area contributed by atoms with Crippen LogP contribution in [-0.2, 0) is 14.4 Å². The summed E-state index contributed by atoms with van der Waals surface area (Å²) in [7, 11) is 0. The van der Waals surface area contributed by atoms with Crippen LogP contribution in [0.3, 0.4) is 0 Å². The van der Waals surface area contributed by atoms with Gasteiger partial charge in [0.25, 0.3) is 0 Å². The minimum absolute atomic E-state index is 0.155. The summed E-state index contributed by atoms with van der Waals surface area (Å²) in [6.07, 6.45) is 6.69. The van der Waals surface area contributed by atoms with Gasteiger partial charge in [-0.15, -0.1) is 0 Å². The standard InChI is InChI=1S/C20H17N3O3/c24-16(22-14-5-6-15-11(9-14)2-1-7-21-15)10-23-19(25)17-12-3-4-13(8-12)18(17)20(23)26/h1-7,9,12-13,17-18H,8,10H2,(H,22,24)/t12-,13-,17+,18+/m0/s1. The molecule has 0 radical (unpaired) electrons. The summed E-state index contributed by atoms with van der Waals surface area (Å²) in [6.45, 7) is -0.227. The van der Waals surface area contributed by atoms with Gasteiger partial charge < -0.3 is 5.32 Å². The molecule has 26 heavy (non-hydrogen) atoms. The van der Waals surface area contributed by atoms with Crippen LogP contribution in [0.25, 0.3) is 10.9 Å². The van der Waals surface area contributed by atoms with Crippen LogP contribution < -0.4 is 5.32 Å². The molecule has 2 fully saturated rings. The van der Waals surface area contributed by atoms with Gasteiger partial charge >= 0.3 is 0 Å². The number of allylic oxidation sites excluding steroid dienone is 2. The minimum atomic E-state index is -0.366. The van der Waals surface area contributed by atoms with Crippen molar-refractivity contribution in [3.05, 3.63) is 48.7 Å². The number of likely N-dealkylation sites (tertiary alicyclic amines) is 1. The first-order valence-corrected chi connectivity index (χ1v) is 8.80. The van der Waals surface area contributed by atoms with E-state index < -0.39 is 0 Å². The van der Waals surface area contributed by atoms with E-state index in [9.17, 15) is 14.4 Å². The second-order valence-electron chi connectivity index (χ2n) is 7.22. The van der Waals surface area contributed by atoms with Gasteiger partial charge in [-0.3, -0.25) is 24.3 Å². The summed E-state index contributed by atoms with van der Waals surface area (Å²) < 4.78 is 0. The average Bonchev–Trinajstić information content (AvgIpc) is 3.32. The number of hydrogen-bond donors (Lipinski definition) is 1. The SMILES string of the molecule is O=C(CN1C(=O)[C@H]2[C@H](C1=O)[C@H]1C=C[C@H]2C1)Nc1ccc2ncccc2c1. The maximum absolute atomic E-state index is 12.6. The molecule has 6 heteroatoms. The molecule has 6 nitrogen and oxygen atoms in total. The molecule has 2 heterocycles. The summed E-state index contributed by atoms with van der Waals surface area (Å²) in [5.74, 6) is -0.987. The Hall–Kier alpha value is -3.02. The summed E-state index contributed by atoms with van der Waals surface area (Å²) in [5.41, 5.74) is 1.46. The number of benzene rings is 1. The van der Waals surface area contributed by atoms with Crippen LogP contribution >= 0.6 is 0 Å². The van der Waals surface area contributed by atoms with Gasteiger partial charge in [0.1, 0.15) is 6.54 Å². The van der Waals surface area contributed by atoms with Gasteiger partial charge in [0.2, 0.25) is 17.7 Å². The zero-order valence-electron chi connectivity index (χ0n) is 14.0. The fourth-order valence-corrected chi connectivity index (χ4v) is 4.62. The van der Waals surface area contributed by atoms with Crippen molar-refractivity contribution < 1.29 is 14.4 Å².